The van der Waals surface area contributed by atoms with Crippen molar-refractivity contribution in [1.29, 1.82) is 0 Å². The van der Waals surface area contributed by atoms with Gasteiger partial charge in [-0.25, -0.2) is 0 Å². The van der Waals surface area contributed by atoms with Crippen LogP contribution in [0.4, 0.5) is 0 Å². The molecule has 2 heteroatoms. The zero-order valence-corrected chi connectivity index (χ0v) is 18.7. The highest BCUT2D eigenvalue weighted by atomic mass is 32.1. The molecule has 146 valence electrons. The minimum atomic E-state index is 0.524. The molecule has 6 rings (SSSR count). The zero-order chi connectivity index (χ0) is 20.2. The van der Waals surface area contributed by atoms with Gasteiger partial charge < -0.3 is 0 Å². The van der Waals surface area contributed by atoms with E-state index in [4.69, 9.17) is 0 Å². The molecular weight excluding hydrogens is 400 g/mol. The minimum absolute atomic E-state index is 0.524. The van der Waals surface area contributed by atoms with E-state index < -0.39 is 0 Å². The van der Waals surface area contributed by atoms with E-state index in [0.717, 1.165) is 6.42 Å². The van der Waals surface area contributed by atoms with Crippen LogP contribution < -0.4 is 0 Å². The van der Waals surface area contributed by atoms with Crippen LogP contribution in [0.15, 0.2) is 84.5 Å². The maximum absolute atomic E-state index is 2.41. The molecule has 2 aromatic heterocycles. The summed E-state index contributed by atoms with van der Waals surface area (Å²) in [4.78, 5) is 2.83. The predicted octanol–water partition coefficient (Wildman–Crippen LogP) is 9.23. The Morgan fingerprint density at radius 2 is 1.53 bits per heavy atom. The standard InChI is InChI=1S/C28H22S2/c1-17-5-3-7-19(9-17)25-15-23-11-21-14-28-24(12-22(21)13-27(23)29-25)16-26(30-28)20-8-4-6-18(2)10-20/h3-7,9-16,20H,8H2,1-2H3. The van der Waals surface area contributed by atoms with Crippen molar-refractivity contribution in [2.75, 3.05) is 0 Å². The number of rotatable bonds is 2. The second-order valence-electron chi connectivity index (χ2n) is 8.41. The number of benzene rings is 3. The molecular formula is C28H22S2. The van der Waals surface area contributed by atoms with Gasteiger partial charge in [0.1, 0.15) is 0 Å². The van der Waals surface area contributed by atoms with Gasteiger partial charge >= 0.3 is 0 Å². The van der Waals surface area contributed by atoms with Crippen molar-refractivity contribution in [2.24, 2.45) is 0 Å². The van der Waals surface area contributed by atoms with E-state index in [2.05, 4.69) is 92.7 Å². The maximum atomic E-state index is 2.41. The van der Waals surface area contributed by atoms with Gasteiger partial charge in [0.15, 0.2) is 0 Å². The summed E-state index contributed by atoms with van der Waals surface area (Å²) in [5, 5.41) is 5.40. The summed E-state index contributed by atoms with van der Waals surface area (Å²) in [6.07, 6.45) is 8.06. The van der Waals surface area contributed by atoms with E-state index in [1.54, 1.807) is 0 Å². The van der Waals surface area contributed by atoms with Crippen molar-refractivity contribution in [2.45, 2.75) is 26.2 Å². The first-order chi connectivity index (χ1) is 14.6. The van der Waals surface area contributed by atoms with E-state index in [1.165, 1.54) is 57.4 Å². The van der Waals surface area contributed by atoms with Crippen LogP contribution >= 0.6 is 22.7 Å². The Bertz CT molecular complexity index is 1420. The average molecular weight is 423 g/mol. The monoisotopic (exact) mass is 422 g/mol. The third-order valence-electron chi connectivity index (χ3n) is 6.03. The smallest absolute Gasteiger partial charge is 0.0355 e. The Labute approximate surface area is 184 Å². The zero-order valence-electron chi connectivity index (χ0n) is 17.1. The maximum Gasteiger partial charge on any atom is 0.0355 e. The largest absolute Gasteiger partial charge is 0.140 e. The molecule has 2 heterocycles. The lowest BCUT2D eigenvalue weighted by molar-refractivity contribution is 0.863. The number of aryl methyl sites for hydroxylation is 1. The first kappa shape index (κ1) is 18.1. The van der Waals surface area contributed by atoms with Crippen LogP contribution in [0.5, 0.6) is 0 Å². The molecule has 1 aliphatic carbocycles. The molecule has 5 aromatic rings. The lowest BCUT2D eigenvalue weighted by atomic mass is 9.95. The van der Waals surface area contributed by atoms with Gasteiger partial charge in [-0.1, -0.05) is 53.6 Å². The molecule has 1 unspecified atom stereocenters. The van der Waals surface area contributed by atoms with Gasteiger partial charge in [0, 0.05) is 25.1 Å². The highest BCUT2D eigenvalue weighted by Crippen LogP contribution is 2.40. The highest BCUT2D eigenvalue weighted by molar-refractivity contribution is 7.22. The Morgan fingerprint density at radius 1 is 0.767 bits per heavy atom. The molecule has 1 atom stereocenters. The quantitative estimate of drug-likeness (QED) is 0.266. The highest BCUT2D eigenvalue weighted by Gasteiger charge is 2.14. The van der Waals surface area contributed by atoms with E-state index in [-0.39, 0.29) is 0 Å². The molecule has 0 nitrogen and oxygen atoms in total. The summed E-state index contributed by atoms with van der Waals surface area (Å²) in [6, 6.07) is 23.1. The van der Waals surface area contributed by atoms with Gasteiger partial charge in [-0.2, -0.15) is 0 Å². The summed E-state index contributed by atoms with van der Waals surface area (Å²) >= 11 is 3.85. The first-order valence-electron chi connectivity index (χ1n) is 10.5. The summed E-state index contributed by atoms with van der Waals surface area (Å²) in [5.74, 6) is 0.524. The Hall–Kier alpha value is -2.68. The van der Waals surface area contributed by atoms with Gasteiger partial charge in [0.2, 0.25) is 0 Å². The summed E-state index contributed by atoms with van der Waals surface area (Å²) in [7, 11) is 0. The van der Waals surface area contributed by atoms with Crippen LogP contribution in [0, 0.1) is 6.92 Å². The van der Waals surface area contributed by atoms with Crippen LogP contribution in [0.2, 0.25) is 0 Å². The van der Waals surface area contributed by atoms with Crippen LogP contribution in [0.25, 0.3) is 41.4 Å². The van der Waals surface area contributed by atoms with Gasteiger partial charge in [0.05, 0.1) is 0 Å². The lowest BCUT2D eigenvalue weighted by Crippen LogP contribution is -1.94. The van der Waals surface area contributed by atoms with Gasteiger partial charge in [-0.05, 0) is 83.8 Å². The second kappa shape index (κ2) is 6.94. The van der Waals surface area contributed by atoms with Gasteiger partial charge in [-0.15, -0.1) is 22.7 Å². The number of hydrogen-bond donors (Lipinski definition) is 0. The Morgan fingerprint density at radius 3 is 2.30 bits per heavy atom. The molecule has 30 heavy (non-hydrogen) atoms. The molecule has 0 radical (unpaired) electrons. The topological polar surface area (TPSA) is 0 Å². The van der Waals surface area contributed by atoms with Crippen LogP contribution in [-0.2, 0) is 0 Å². The van der Waals surface area contributed by atoms with E-state index in [1.807, 2.05) is 22.7 Å². The molecule has 0 bridgehead atoms. The van der Waals surface area contributed by atoms with Crippen molar-refractivity contribution in [1.82, 2.24) is 0 Å². The normalized spacial score (nSPS) is 16.6. The van der Waals surface area contributed by atoms with Gasteiger partial charge in [-0.3, -0.25) is 0 Å². The van der Waals surface area contributed by atoms with E-state index in [0.29, 0.717) is 5.92 Å². The summed E-state index contributed by atoms with van der Waals surface area (Å²) < 4.78 is 2.76. The van der Waals surface area contributed by atoms with Crippen molar-refractivity contribution in [3.05, 3.63) is 94.9 Å². The molecule has 0 aliphatic heterocycles. The van der Waals surface area contributed by atoms with Crippen molar-refractivity contribution in [3.63, 3.8) is 0 Å². The molecule has 0 saturated carbocycles. The lowest BCUT2D eigenvalue weighted by Gasteiger charge is -2.12. The molecule has 1 aliphatic rings. The van der Waals surface area contributed by atoms with Crippen LogP contribution in [-0.4, -0.2) is 0 Å². The van der Waals surface area contributed by atoms with Crippen molar-refractivity contribution < 1.29 is 0 Å². The van der Waals surface area contributed by atoms with Gasteiger partial charge in [0.25, 0.3) is 0 Å². The second-order valence-corrected chi connectivity index (χ2v) is 10.6. The van der Waals surface area contributed by atoms with E-state index >= 15 is 0 Å². The van der Waals surface area contributed by atoms with Crippen molar-refractivity contribution >= 4 is 53.6 Å². The molecule has 0 amide bonds. The molecule has 0 N–H and O–H groups in total. The fourth-order valence-corrected chi connectivity index (χ4v) is 6.77. The predicted molar refractivity (Wildman–Crippen MR) is 135 cm³/mol. The number of fused-ring (bicyclic) bond motifs is 3. The van der Waals surface area contributed by atoms with E-state index in [9.17, 15) is 0 Å². The minimum Gasteiger partial charge on any atom is -0.140 e. The Balaban J connectivity index is 1.46. The summed E-state index contributed by atoms with van der Waals surface area (Å²) in [6.45, 7) is 4.36. The fourth-order valence-electron chi connectivity index (χ4n) is 4.51. The molecule has 0 saturated heterocycles. The average Bonchev–Trinajstić information content (AvgIpc) is 3.33. The van der Waals surface area contributed by atoms with Crippen LogP contribution in [0.1, 0.15) is 29.7 Å². The third kappa shape index (κ3) is 3.12. The Kier molecular flexibility index (Phi) is 4.19. The SMILES string of the molecule is CC1=CC(c2cc3cc4cc5sc(-c6cccc(C)c6)cc5cc4cc3s2)CC=C1. The molecule has 0 spiro atoms. The van der Waals surface area contributed by atoms with Crippen LogP contribution in [0.3, 0.4) is 0 Å². The summed E-state index contributed by atoms with van der Waals surface area (Å²) in [5.41, 5.74) is 4.00. The molecule has 3 aromatic carbocycles. The fraction of sp³-hybridized carbons (Fsp3) is 0.143. The number of hydrogen-bond acceptors (Lipinski definition) is 2. The molecule has 0 fully saturated rings. The van der Waals surface area contributed by atoms with Crippen molar-refractivity contribution in [3.8, 4) is 10.4 Å². The number of thiophene rings is 2. The first-order valence-corrected chi connectivity index (χ1v) is 12.1. The number of allylic oxidation sites excluding steroid dienone is 4. The third-order valence-corrected chi connectivity index (χ3v) is 8.41.